The molecule has 1 fully saturated rings. The van der Waals surface area contributed by atoms with Gasteiger partial charge in [-0.2, -0.15) is 0 Å². The van der Waals surface area contributed by atoms with E-state index in [1.165, 1.54) is 0 Å². The average molecular weight is 381 g/mol. The molecule has 0 heterocycles. The van der Waals surface area contributed by atoms with Gasteiger partial charge in [0.1, 0.15) is 5.78 Å². The zero-order chi connectivity index (χ0) is 20.2. The molecule has 1 saturated carbocycles. The molecule has 1 aliphatic carbocycles. The van der Waals surface area contributed by atoms with E-state index in [0.717, 1.165) is 44.6 Å². The number of carboxylic acids is 1. The molecule has 154 valence electrons. The van der Waals surface area contributed by atoms with E-state index >= 15 is 0 Å². The standard InChI is InChI=1S/C22H36O5/c1-3-9-16(4-2)14-17(23)12-13-19-18(20(24)15-21(19)25)10-7-5-6-8-11-22(26)27/h8,11-13,16-19,21,23,25H,3-7,9-10,14-15H2,1-2H3,(H,26,27)/b11-8+,13-12+/t16?,17-,18-,19-,21-/m1/s1. The first-order valence-corrected chi connectivity index (χ1v) is 10.4. The Morgan fingerprint density at radius 2 is 2.04 bits per heavy atom. The second-order valence-electron chi connectivity index (χ2n) is 7.70. The van der Waals surface area contributed by atoms with E-state index in [9.17, 15) is 19.8 Å². The van der Waals surface area contributed by atoms with E-state index in [0.29, 0.717) is 18.8 Å². The summed E-state index contributed by atoms with van der Waals surface area (Å²) in [5.74, 6) is -0.792. The van der Waals surface area contributed by atoms with Crippen LogP contribution in [-0.2, 0) is 9.59 Å². The molecule has 0 radical (unpaired) electrons. The molecule has 1 aliphatic rings. The fourth-order valence-corrected chi connectivity index (χ4v) is 3.98. The summed E-state index contributed by atoms with van der Waals surface area (Å²) in [7, 11) is 0. The van der Waals surface area contributed by atoms with E-state index in [1.54, 1.807) is 12.2 Å². The Bertz CT molecular complexity index is 511. The minimum absolute atomic E-state index is 0.0881. The minimum Gasteiger partial charge on any atom is -0.478 e. The third-order valence-electron chi connectivity index (χ3n) is 5.53. The second kappa shape index (κ2) is 12.8. The van der Waals surface area contributed by atoms with Gasteiger partial charge in [0.05, 0.1) is 12.2 Å². The van der Waals surface area contributed by atoms with Crippen molar-refractivity contribution in [2.24, 2.45) is 17.8 Å². The number of unbranched alkanes of at least 4 members (excludes halogenated alkanes) is 2. The number of carbonyl (C=O) groups is 2. The van der Waals surface area contributed by atoms with Crippen LogP contribution in [0, 0.1) is 17.8 Å². The first kappa shape index (κ1) is 23.6. The van der Waals surface area contributed by atoms with Crippen LogP contribution < -0.4 is 0 Å². The van der Waals surface area contributed by atoms with Crippen LogP contribution in [0.1, 0.15) is 71.6 Å². The van der Waals surface area contributed by atoms with E-state index in [-0.39, 0.29) is 24.0 Å². The average Bonchev–Trinajstić information content (AvgIpc) is 2.88. The van der Waals surface area contributed by atoms with Gasteiger partial charge in [-0.1, -0.05) is 57.8 Å². The molecular formula is C22H36O5. The summed E-state index contributed by atoms with van der Waals surface area (Å²) in [5, 5.41) is 29.1. The molecule has 5 heteroatoms. The molecule has 0 aromatic rings. The number of hydrogen-bond acceptors (Lipinski definition) is 4. The van der Waals surface area contributed by atoms with Crippen LogP contribution >= 0.6 is 0 Å². The fraction of sp³-hybridized carbons (Fsp3) is 0.727. The number of aliphatic hydroxyl groups excluding tert-OH is 2. The molecule has 27 heavy (non-hydrogen) atoms. The highest BCUT2D eigenvalue weighted by Crippen LogP contribution is 2.34. The maximum absolute atomic E-state index is 12.2. The van der Waals surface area contributed by atoms with Crippen LogP contribution in [0.25, 0.3) is 0 Å². The molecule has 1 unspecified atom stereocenters. The summed E-state index contributed by atoms with van der Waals surface area (Å²) in [5.41, 5.74) is 0. The Morgan fingerprint density at radius 3 is 2.67 bits per heavy atom. The molecule has 5 atom stereocenters. The van der Waals surface area contributed by atoms with Gasteiger partial charge in [-0.3, -0.25) is 4.79 Å². The molecule has 0 amide bonds. The van der Waals surface area contributed by atoms with Gasteiger partial charge in [-0.15, -0.1) is 0 Å². The zero-order valence-corrected chi connectivity index (χ0v) is 16.7. The molecule has 0 aromatic heterocycles. The topological polar surface area (TPSA) is 94.8 Å². The summed E-state index contributed by atoms with van der Waals surface area (Å²) in [6, 6.07) is 0. The largest absolute Gasteiger partial charge is 0.478 e. The van der Waals surface area contributed by atoms with Crippen LogP contribution in [0.2, 0.25) is 0 Å². The van der Waals surface area contributed by atoms with Crippen molar-refractivity contribution in [2.75, 3.05) is 0 Å². The predicted octanol–water partition coefficient (Wildman–Crippen LogP) is 3.89. The number of ketones is 1. The number of carbonyl (C=O) groups excluding carboxylic acids is 1. The number of carboxylic acid groups (broad SMARTS) is 1. The lowest BCUT2D eigenvalue weighted by Gasteiger charge is -2.19. The van der Waals surface area contributed by atoms with Gasteiger partial charge in [-0.05, 0) is 31.6 Å². The van der Waals surface area contributed by atoms with Crippen molar-refractivity contribution in [3.8, 4) is 0 Å². The quantitative estimate of drug-likeness (QED) is 0.256. The summed E-state index contributed by atoms with van der Waals surface area (Å²) in [6.45, 7) is 4.28. The van der Waals surface area contributed by atoms with Crippen LogP contribution in [0.15, 0.2) is 24.3 Å². The van der Waals surface area contributed by atoms with Crippen LogP contribution in [-0.4, -0.2) is 39.3 Å². The Hall–Kier alpha value is -1.46. The number of hydrogen-bond donors (Lipinski definition) is 3. The van der Waals surface area contributed by atoms with Crippen molar-refractivity contribution in [3.63, 3.8) is 0 Å². The Morgan fingerprint density at radius 1 is 1.30 bits per heavy atom. The smallest absolute Gasteiger partial charge is 0.327 e. The van der Waals surface area contributed by atoms with E-state index in [2.05, 4.69) is 13.8 Å². The van der Waals surface area contributed by atoms with Crippen molar-refractivity contribution >= 4 is 11.8 Å². The van der Waals surface area contributed by atoms with Crippen molar-refractivity contribution in [1.82, 2.24) is 0 Å². The van der Waals surface area contributed by atoms with Gasteiger partial charge in [0, 0.05) is 24.3 Å². The van der Waals surface area contributed by atoms with Gasteiger partial charge in [0.2, 0.25) is 0 Å². The molecule has 0 aliphatic heterocycles. The lowest BCUT2D eigenvalue weighted by molar-refractivity contribution is -0.131. The molecule has 0 saturated heterocycles. The Balaban J connectivity index is 2.52. The lowest BCUT2D eigenvalue weighted by atomic mass is 9.88. The monoisotopic (exact) mass is 380 g/mol. The number of rotatable bonds is 13. The number of allylic oxidation sites excluding steroid dienone is 1. The van der Waals surface area contributed by atoms with E-state index < -0.39 is 18.2 Å². The first-order chi connectivity index (χ1) is 12.9. The predicted molar refractivity (Wildman–Crippen MR) is 106 cm³/mol. The van der Waals surface area contributed by atoms with E-state index in [4.69, 9.17) is 5.11 Å². The minimum atomic E-state index is -0.947. The number of Topliss-reactive ketones (excluding diaryl/α,β-unsaturated/α-hetero) is 1. The molecule has 5 nitrogen and oxygen atoms in total. The van der Waals surface area contributed by atoms with Gasteiger partial charge < -0.3 is 15.3 Å². The molecule has 0 aromatic carbocycles. The maximum atomic E-state index is 12.2. The fourth-order valence-electron chi connectivity index (χ4n) is 3.98. The highest BCUT2D eigenvalue weighted by atomic mass is 16.4. The van der Waals surface area contributed by atoms with Crippen molar-refractivity contribution in [3.05, 3.63) is 24.3 Å². The second-order valence-corrected chi connectivity index (χ2v) is 7.70. The van der Waals surface area contributed by atoms with Crippen molar-refractivity contribution in [1.29, 1.82) is 0 Å². The van der Waals surface area contributed by atoms with Gasteiger partial charge in [-0.25, -0.2) is 4.79 Å². The molecule has 0 bridgehead atoms. The maximum Gasteiger partial charge on any atom is 0.327 e. The SMILES string of the molecule is CCCC(CC)C[C@H](O)/C=C/[C@H]1[C@H](O)CC(=O)[C@@H]1CCCC/C=C/C(=O)O. The van der Waals surface area contributed by atoms with Gasteiger partial charge in [0.25, 0.3) is 0 Å². The summed E-state index contributed by atoms with van der Waals surface area (Å²) in [4.78, 5) is 22.6. The number of aliphatic hydroxyl groups is 2. The lowest BCUT2D eigenvalue weighted by Crippen LogP contribution is -2.19. The van der Waals surface area contributed by atoms with Crippen LogP contribution in [0.3, 0.4) is 0 Å². The van der Waals surface area contributed by atoms with Crippen molar-refractivity contribution in [2.45, 2.75) is 83.8 Å². The third-order valence-corrected chi connectivity index (χ3v) is 5.53. The summed E-state index contributed by atoms with van der Waals surface area (Å²) >= 11 is 0. The van der Waals surface area contributed by atoms with E-state index in [1.807, 2.05) is 6.08 Å². The van der Waals surface area contributed by atoms with Crippen LogP contribution in [0.5, 0.6) is 0 Å². The highest BCUT2D eigenvalue weighted by Gasteiger charge is 2.39. The van der Waals surface area contributed by atoms with Gasteiger partial charge >= 0.3 is 5.97 Å². The summed E-state index contributed by atoms with van der Waals surface area (Å²) in [6.07, 6.45) is 12.3. The Kier molecular flexibility index (Phi) is 11.2. The molecule has 1 rings (SSSR count). The van der Waals surface area contributed by atoms with Crippen molar-refractivity contribution < 1.29 is 24.9 Å². The van der Waals surface area contributed by atoms with Gasteiger partial charge in [0.15, 0.2) is 0 Å². The molecular weight excluding hydrogens is 344 g/mol. The number of aliphatic carboxylic acids is 1. The Labute approximate surface area is 163 Å². The molecule has 3 N–H and O–H groups in total. The normalized spacial score (nSPS) is 25.5. The summed E-state index contributed by atoms with van der Waals surface area (Å²) < 4.78 is 0. The van der Waals surface area contributed by atoms with Crippen LogP contribution in [0.4, 0.5) is 0 Å². The third kappa shape index (κ3) is 8.85. The zero-order valence-electron chi connectivity index (χ0n) is 16.7. The molecule has 0 spiro atoms. The highest BCUT2D eigenvalue weighted by molar-refractivity contribution is 5.84. The first-order valence-electron chi connectivity index (χ1n) is 10.4.